The van der Waals surface area contributed by atoms with Gasteiger partial charge in [0.1, 0.15) is 0 Å². The summed E-state index contributed by atoms with van der Waals surface area (Å²) in [5.74, 6) is 1.92. The number of rotatable bonds is 7. The molecule has 0 aliphatic heterocycles. The van der Waals surface area contributed by atoms with Crippen LogP contribution < -0.4 is 0 Å². The highest BCUT2D eigenvalue weighted by atomic mass is 15.0. The van der Waals surface area contributed by atoms with Crippen LogP contribution >= 0.6 is 0 Å². The highest BCUT2D eigenvalue weighted by Crippen LogP contribution is 2.33. The quantitative estimate of drug-likeness (QED) is 0.174. The van der Waals surface area contributed by atoms with Crippen molar-refractivity contribution < 1.29 is 0 Å². The van der Waals surface area contributed by atoms with Crippen LogP contribution in [0.25, 0.3) is 78.7 Å². The minimum atomic E-state index is 0.638. The Morgan fingerprint density at radius 2 is 0.520 bits per heavy atom. The van der Waals surface area contributed by atoms with Crippen LogP contribution in [-0.2, 0) is 0 Å². The second-order valence-electron chi connectivity index (χ2n) is 12.7. The lowest BCUT2D eigenvalue weighted by Crippen LogP contribution is -2.00. The normalized spacial score (nSPS) is 11.0. The monoisotopic (exact) mass is 641 g/mol. The molecule has 238 valence electrons. The number of aryl methyl sites for hydroxylation is 2. The minimum absolute atomic E-state index is 0.638. The van der Waals surface area contributed by atoms with Crippen molar-refractivity contribution in [2.75, 3.05) is 0 Å². The summed E-state index contributed by atoms with van der Waals surface area (Å²) in [6.45, 7) is 4.30. The molecule has 0 saturated heterocycles. The van der Waals surface area contributed by atoms with Gasteiger partial charge in [0.15, 0.2) is 17.5 Å². The van der Waals surface area contributed by atoms with Gasteiger partial charge in [-0.25, -0.2) is 15.0 Å². The van der Waals surface area contributed by atoms with Crippen molar-refractivity contribution in [3.63, 3.8) is 0 Å². The average molecular weight is 642 g/mol. The first-order valence-electron chi connectivity index (χ1n) is 16.9. The van der Waals surface area contributed by atoms with Crippen LogP contribution in [0.2, 0.25) is 0 Å². The fourth-order valence-corrected chi connectivity index (χ4v) is 6.52. The van der Waals surface area contributed by atoms with E-state index >= 15 is 0 Å². The number of benzene rings is 7. The van der Waals surface area contributed by atoms with Crippen molar-refractivity contribution in [2.45, 2.75) is 13.8 Å². The zero-order chi connectivity index (χ0) is 33.9. The summed E-state index contributed by atoms with van der Waals surface area (Å²) in [6.07, 6.45) is 0. The zero-order valence-corrected chi connectivity index (χ0v) is 28.1. The van der Waals surface area contributed by atoms with Gasteiger partial charge >= 0.3 is 0 Å². The van der Waals surface area contributed by atoms with E-state index in [9.17, 15) is 0 Å². The third-order valence-corrected chi connectivity index (χ3v) is 8.94. The van der Waals surface area contributed by atoms with Crippen molar-refractivity contribution in [1.29, 1.82) is 0 Å². The maximum absolute atomic E-state index is 5.11. The molecule has 0 saturated carbocycles. The summed E-state index contributed by atoms with van der Waals surface area (Å²) in [5.41, 5.74) is 14.6. The van der Waals surface area contributed by atoms with Crippen molar-refractivity contribution in [2.24, 2.45) is 0 Å². The Hall–Kier alpha value is -6.45. The smallest absolute Gasteiger partial charge is 0.164 e. The standard InChI is InChI=1S/C47H35N3/c1-32-24-41(34-14-6-3-7-15-34)30-43(26-32)37-20-12-22-39(28-37)46-48-45(36-18-10-5-11-19-36)49-47(50-46)40-23-13-21-38(29-40)44-27-33(2)25-42(31-44)35-16-8-4-9-17-35/h3-31H,1-2H3. The topological polar surface area (TPSA) is 38.7 Å². The van der Waals surface area contributed by atoms with Crippen molar-refractivity contribution in [3.8, 4) is 78.7 Å². The van der Waals surface area contributed by atoms with Gasteiger partial charge in [0.05, 0.1) is 0 Å². The van der Waals surface area contributed by atoms with E-state index in [4.69, 9.17) is 15.0 Å². The summed E-state index contributed by atoms with van der Waals surface area (Å²) in [5, 5.41) is 0. The molecule has 0 radical (unpaired) electrons. The van der Waals surface area contributed by atoms with Gasteiger partial charge in [-0.2, -0.15) is 0 Å². The zero-order valence-electron chi connectivity index (χ0n) is 28.1. The van der Waals surface area contributed by atoms with Gasteiger partial charge in [-0.15, -0.1) is 0 Å². The first-order chi connectivity index (χ1) is 24.6. The fourth-order valence-electron chi connectivity index (χ4n) is 6.52. The highest BCUT2D eigenvalue weighted by Gasteiger charge is 2.15. The van der Waals surface area contributed by atoms with Crippen LogP contribution in [-0.4, -0.2) is 15.0 Å². The Morgan fingerprint density at radius 3 is 0.920 bits per heavy atom. The van der Waals surface area contributed by atoms with Crippen molar-refractivity contribution in [3.05, 3.63) is 187 Å². The van der Waals surface area contributed by atoms with E-state index < -0.39 is 0 Å². The van der Waals surface area contributed by atoms with E-state index in [2.05, 4.69) is 159 Å². The SMILES string of the molecule is Cc1cc(-c2ccccc2)cc(-c2cccc(-c3nc(-c4ccccc4)nc(-c4cccc(-c5cc(C)cc(-c6ccccc6)c5)c4)n3)c2)c1. The predicted molar refractivity (Wildman–Crippen MR) is 207 cm³/mol. The van der Waals surface area contributed by atoms with Crippen LogP contribution in [0.3, 0.4) is 0 Å². The summed E-state index contributed by atoms with van der Waals surface area (Å²) in [6, 6.07) is 61.7. The first kappa shape index (κ1) is 30.9. The molecule has 50 heavy (non-hydrogen) atoms. The molecule has 0 aliphatic carbocycles. The largest absolute Gasteiger partial charge is 0.208 e. The van der Waals surface area contributed by atoms with E-state index in [-0.39, 0.29) is 0 Å². The second kappa shape index (κ2) is 13.6. The lowest BCUT2D eigenvalue weighted by Gasteiger charge is -2.12. The number of aromatic nitrogens is 3. The summed E-state index contributed by atoms with van der Waals surface area (Å²) in [4.78, 5) is 15.2. The fraction of sp³-hybridized carbons (Fsp3) is 0.0426. The molecule has 1 aromatic heterocycles. The number of hydrogen-bond acceptors (Lipinski definition) is 3. The van der Waals surface area contributed by atoms with E-state index in [1.807, 2.05) is 30.3 Å². The lowest BCUT2D eigenvalue weighted by atomic mass is 9.95. The van der Waals surface area contributed by atoms with Crippen LogP contribution in [0, 0.1) is 13.8 Å². The van der Waals surface area contributed by atoms with Gasteiger partial charge in [0.2, 0.25) is 0 Å². The predicted octanol–water partition coefficient (Wildman–Crippen LogP) is 12.2. The number of hydrogen-bond donors (Lipinski definition) is 0. The summed E-state index contributed by atoms with van der Waals surface area (Å²) in [7, 11) is 0. The van der Waals surface area contributed by atoms with Gasteiger partial charge in [0.25, 0.3) is 0 Å². The molecule has 0 spiro atoms. The molecule has 0 atom stereocenters. The van der Waals surface area contributed by atoms with E-state index in [0.29, 0.717) is 17.5 Å². The maximum atomic E-state index is 5.11. The Balaban J connectivity index is 1.22. The molecule has 0 N–H and O–H groups in total. The van der Waals surface area contributed by atoms with Gasteiger partial charge in [0, 0.05) is 16.7 Å². The molecule has 3 nitrogen and oxygen atoms in total. The lowest BCUT2D eigenvalue weighted by molar-refractivity contribution is 1.07. The molecule has 0 amide bonds. The van der Waals surface area contributed by atoms with Gasteiger partial charge in [-0.1, -0.05) is 152 Å². The Bertz CT molecular complexity index is 2280. The maximum Gasteiger partial charge on any atom is 0.164 e. The second-order valence-corrected chi connectivity index (χ2v) is 12.7. The van der Waals surface area contributed by atoms with Gasteiger partial charge in [-0.3, -0.25) is 0 Å². The molecule has 0 unspecified atom stereocenters. The van der Waals surface area contributed by atoms with Crippen LogP contribution in [0.1, 0.15) is 11.1 Å². The molecule has 7 aromatic carbocycles. The van der Waals surface area contributed by atoms with Crippen LogP contribution in [0.15, 0.2) is 176 Å². The average Bonchev–Trinajstić information content (AvgIpc) is 3.18. The Kier molecular flexibility index (Phi) is 8.38. The molecule has 8 rings (SSSR count). The molecule has 8 aromatic rings. The van der Waals surface area contributed by atoms with E-state index in [0.717, 1.165) is 38.9 Å². The Labute approximate surface area is 293 Å². The molecular formula is C47H35N3. The molecule has 0 bridgehead atoms. The summed E-state index contributed by atoms with van der Waals surface area (Å²) < 4.78 is 0. The van der Waals surface area contributed by atoms with Crippen LogP contribution in [0.5, 0.6) is 0 Å². The highest BCUT2D eigenvalue weighted by molar-refractivity contribution is 5.79. The third-order valence-electron chi connectivity index (χ3n) is 8.94. The molecular weight excluding hydrogens is 607 g/mol. The van der Waals surface area contributed by atoms with Gasteiger partial charge in [-0.05, 0) is 93.7 Å². The van der Waals surface area contributed by atoms with Gasteiger partial charge < -0.3 is 0 Å². The van der Waals surface area contributed by atoms with Crippen molar-refractivity contribution >= 4 is 0 Å². The molecule has 0 fully saturated rings. The van der Waals surface area contributed by atoms with Crippen molar-refractivity contribution in [1.82, 2.24) is 15.0 Å². The Morgan fingerprint density at radius 1 is 0.240 bits per heavy atom. The van der Waals surface area contributed by atoms with Crippen LogP contribution in [0.4, 0.5) is 0 Å². The molecule has 3 heteroatoms. The summed E-state index contributed by atoms with van der Waals surface area (Å²) >= 11 is 0. The minimum Gasteiger partial charge on any atom is -0.208 e. The van der Waals surface area contributed by atoms with E-state index in [1.54, 1.807) is 0 Å². The molecule has 1 heterocycles. The third kappa shape index (κ3) is 6.63. The molecule has 0 aliphatic rings. The first-order valence-corrected chi connectivity index (χ1v) is 16.9. The van der Waals surface area contributed by atoms with E-state index in [1.165, 1.54) is 33.4 Å². The number of nitrogens with zero attached hydrogens (tertiary/aromatic N) is 3.